The Hall–Kier alpha value is -2.62. The van der Waals surface area contributed by atoms with Crippen molar-refractivity contribution in [1.29, 1.82) is 0 Å². The smallest absolute Gasteiger partial charge is 0.228 e. The topological polar surface area (TPSA) is 57.8 Å². The van der Waals surface area contributed by atoms with E-state index in [-0.39, 0.29) is 5.91 Å². The molecule has 1 amide bonds. The Kier molecular flexibility index (Phi) is 2.98. The van der Waals surface area contributed by atoms with Crippen LogP contribution in [0.25, 0.3) is 10.9 Å². The molecule has 4 heteroatoms. The van der Waals surface area contributed by atoms with Crippen LogP contribution in [0.15, 0.2) is 55.0 Å². The fourth-order valence-electron chi connectivity index (χ4n) is 2.09. The van der Waals surface area contributed by atoms with E-state index in [1.54, 1.807) is 24.5 Å². The quantitative estimate of drug-likeness (QED) is 0.752. The van der Waals surface area contributed by atoms with E-state index in [2.05, 4.69) is 15.3 Å². The van der Waals surface area contributed by atoms with Crippen LogP contribution in [0.5, 0.6) is 0 Å². The molecule has 0 saturated heterocycles. The number of aromatic nitrogens is 2. The molecule has 4 nitrogen and oxygen atoms in total. The summed E-state index contributed by atoms with van der Waals surface area (Å²) in [5, 5.41) is 3.94. The number of hydrogen-bond donors (Lipinski definition) is 2. The van der Waals surface area contributed by atoms with E-state index in [0.29, 0.717) is 6.42 Å². The lowest BCUT2D eigenvalue weighted by molar-refractivity contribution is -0.115. The number of hydrogen-bond acceptors (Lipinski definition) is 2. The van der Waals surface area contributed by atoms with Crippen LogP contribution < -0.4 is 5.32 Å². The van der Waals surface area contributed by atoms with Crippen LogP contribution in [0, 0.1) is 0 Å². The van der Waals surface area contributed by atoms with Gasteiger partial charge in [-0.25, -0.2) is 0 Å². The van der Waals surface area contributed by atoms with Gasteiger partial charge in [0.25, 0.3) is 0 Å². The largest absolute Gasteiger partial charge is 0.361 e. The second-order valence-electron chi connectivity index (χ2n) is 4.32. The van der Waals surface area contributed by atoms with Crippen LogP contribution >= 0.6 is 0 Å². The molecule has 0 aliphatic rings. The maximum atomic E-state index is 12.0. The van der Waals surface area contributed by atoms with Gasteiger partial charge >= 0.3 is 0 Å². The summed E-state index contributed by atoms with van der Waals surface area (Å²) < 4.78 is 0. The van der Waals surface area contributed by atoms with Gasteiger partial charge in [-0.05, 0) is 23.8 Å². The molecule has 0 fully saturated rings. The van der Waals surface area contributed by atoms with Gasteiger partial charge in [-0.3, -0.25) is 9.78 Å². The normalized spacial score (nSPS) is 10.5. The van der Waals surface area contributed by atoms with Gasteiger partial charge in [-0.1, -0.05) is 18.2 Å². The summed E-state index contributed by atoms with van der Waals surface area (Å²) in [4.78, 5) is 19.1. The van der Waals surface area contributed by atoms with Gasteiger partial charge in [0.2, 0.25) is 5.91 Å². The van der Waals surface area contributed by atoms with Crippen molar-refractivity contribution in [2.24, 2.45) is 0 Å². The van der Waals surface area contributed by atoms with Gasteiger partial charge in [0.15, 0.2) is 0 Å². The van der Waals surface area contributed by atoms with E-state index < -0.39 is 0 Å². The van der Waals surface area contributed by atoms with Crippen molar-refractivity contribution in [1.82, 2.24) is 9.97 Å². The highest BCUT2D eigenvalue weighted by Gasteiger charge is 2.08. The zero-order valence-electron chi connectivity index (χ0n) is 10.3. The molecule has 1 aromatic carbocycles. The number of nitrogens with zero attached hydrogens (tertiary/aromatic N) is 1. The molecule has 0 radical (unpaired) electrons. The van der Waals surface area contributed by atoms with E-state index in [1.165, 1.54) is 0 Å². The molecule has 0 atom stereocenters. The van der Waals surface area contributed by atoms with Crippen LogP contribution in [0.2, 0.25) is 0 Å². The van der Waals surface area contributed by atoms with Crippen molar-refractivity contribution in [3.05, 3.63) is 60.6 Å². The van der Waals surface area contributed by atoms with E-state index in [4.69, 9.17) is 0 Å². The Bertz CT molecular complexity index is 703. The van der Waals surface area contributed by atoms with Gasteiger partial charge in [0, 0.05) is 35.2 Å². The molecule has 0 saturated carbocycles. The van der Waals surface area contributed by atoms with Crippen LogP contribution in [0.1, 0.15) is 5.56 Å². The number of pyridine rings is 1. The highest BCUT2D eigenvalue weighted by molar-refractivity contribution is 5.95. The van der Waals surface area contributed by atoms with Crippen molar-refractivity contribution < 1.29 is 4.79 Å². The number of aromatic amines is 1. The monoisotopic (exact) mass is 251 g/mol. The lowest BCUT2D eigenvalue weighted by Gasteiger charge is -2.03. The number of para-hydroxylation sites is 1. The molecule has 0 unspecified atom stereocenters. The predicted molar refractivity (Wildman–Crippen MR) is 74.9 cm³/mol. The van der Waals surface area contributed by atoms with Gasteiger partial charge in [-0.2, -0.15) is 0 Å². The summed E-state index contributed by atoms with van der Waals surface area (Å²) in [6.07, 6.45) is 5.55. The van der Waals surface area contributed by atoms with Crippen molar-refractivity contribution in [3.63, 3.8) is 0 Å². The maximum Gasteiger partial charge on any atom is 0.228 e. The molecular weight excluding hydrogens is 238 g/mol. The number of benzene rings is 1. The fourth-order valence-corrected chi connectivity index (χ4v) is 2.09. The SMILES string of the molecule is O=C(Cc1c[nH]c2ccccc12)Nc1ccncc1. The highest BCUT2D eigenvalue weighted by atomic mass is 16.1. The van der Waals surface area contributed by atoms with E-state index in [1.807, 2.05) is 30.5 Å². The molecule has 94 valence electrons. The first-order valence-electron chi connectivity index (χ1n) is 6.08. The van der Waals surface area contributed by atoms with E-state index in [0.717, 1.165) is 22.2 Å². The molecular formula is C15H13N3O. The zero-order valence-corrected chi connectivity index (χ0v) is 10.3. The average molecular weight is 251 g/mol. The number of rotatable bonds is 3. The van der Waals surface area contributed by atoms with Crippen LogP contribution in [0.4, 0.5) is 5.69 Å². The first-order chi connectivity index (χ1) is 9.33. The molecule has 0 spiro atoms. The van der Waals surface area contributed by atoms with Gasteiger partial charge in [-0.15, -0.1) is 0 Å². The number of amides is 1. The summed E-state index contributed by atoms with van der Waals surface area (Å²) in [5.74, 6) is -0.0315. The molecule has 2 heterocycles. The number of nitrogens with one attached hydrogen (secondary N) is 2. The Morgan fingerprint density at radius 2 is 1.95 bits per heavy atom. The first-order valence-corrected chi connectivity index (χ1v) is 6.08. The minimum atomic E-state index is -0.0315. The summed E-state index contributed by atoms with van der Waals surface area (Å²) >= 11 is 0. The van der Waals surface area contributed by atoms with E-state index >= 15 is 0 Å². The summed E-state index contributed by atoms with van der Waals surface area (Å²) in [7, 11) is 0. The Morgan fingerprint density at radius 1 is 1.16 bits per heavy atom. The molecule has 0 bridgehead atoms. The van der Waals surface area contributed by atoms with Crippen LogP contribution in [0.3, 0.4) is 0 Å². The van der Waals surface area contributed by atoms with Crippen LogP contribution in [-0.2, 0) is 11.2 Å². The molecule has 0 aliphatic heterocycles. The molecule has 0 aliphatic carbocycles. The third kappa shape index (κ3) is 2.47. The van der Waals surface area contributed by atoms with Gasteiger partial charge in [0.05, 0.1) is 6.42 Å². The van der Waals surface area contributed by atoms with Gasteiger partial charge < -0.3 is 10.3 Å². The Labute approximate surface area is 110 Å². The molecule has 2 aromatic heterocycles. The summed E-state index contributed by atoms with van der Waals surface area (Å²) in [6, 6.07) is 11.5. The number of anilines is 1. The molecule has 19 heavy (non-hydrogen) atoms. The van der Waals surface area contributed by atoms with Crippen molar-refractivity contribution in [2.75, 3.05) is 5.32 Å². The standard InChI is InChI=1S/C15H13N3O/c19-15(18-12-5-7-16-8-6-12)9-11-10-17-14-4-2-1-3-13(11)14/h1-8,10,17H,9H2,(H,16,18,19). The Morgan fingerprint density at radius 3 is 2.79 bits per heavy atom. The third-order valence-electron chi connectivity index (χ3n) is 2.99. The van der Waals surface area contributed by atoms with E-state index in [9.17, 15) is 4.79 Å². The third-order valence-corrected chi connectivity index (χ3v) is 2.99. The second-order valence-corrected chi connectivity index (χ2v) is 4.32. The average Bonchev–Trinajstić information content (AvgIpc) is 2.83. The number of H-pyrrole nitrogens is 1. The fraction of sp³-hybridized carbons (Fsp3) is 0.0667. The van der Waals surface area contributed by atoms with Crippen molar-refractivity contribution >= 4 is 22.5 Å². The second kappa shape index (κ2) is 4.94. The predicted octanol–water partition coefficient (Wildman–Crippen LogP) is 2.74. The van der Waals surface area contributed by atoms with Crippen molar-refractivity contribution in [2.45, 2.75) is 6.42 Å². The zero-order chi connectivity index (χ0) is 13.1. The van der Waals surface area contributed by atoms with Gasteiger partial charge in [0.1, 0.15) is 0 Å². The molecule has 3 aromatic rings. The molecule has 3 rings (SSSR count). The lowest BCUT2D eigenvalue weighted by Crippen LogP contribution is -2.14. The highest BCUT2D eigenvalue weighted by Crippen LogP contribution is 2.18. The van der Waals surface area contributed by atoms with Crippen molar-refractivity contribution in [3.8, 4) is 0 Å². The van der Waals surface area contributed by atoms with Crippen LogP contribution in [-0.4, -0.2) is 15.9 Å². The summed E-state index contributed by atoms with van der Waals surface area (Å²) in [6.45, 7) is 0. The maximum absolute atomic E-state index is 12.0. The number of fused-ring (bicyclic) bond motifs is 1. The number of carbonyl (C=O) groups is 1. The molecule has 2 N–H and O–H groups in total. The lowest BCUT2D eigenvalue weighted by atomic mass is 10.1. The minimum Gasteiger partial charge on any atom is -0.361 e. The number of carbonyl (C=O) groups excluding carboxylic acids is 1. The first kappa shape index (κ1) is 11.5. The summed E-state index contributed by atoms with van der Waals surface area (Å²) in [5.41, 5.74) is 2.82. The Balaban J connectivity index is 1.76. The minimum absolute atomic E-state index is 0.0315.